The number of carbonyl (C=O) groups is 1. The second-order valence-corrected chi connectivity index (χ2v) is 6.69. The zero-order chi connectivity index (χ0) is 21.2. The minimum absolute atomic E-state index is 0.133. The van der Waals surface area contributed by atoms with Crippen LogP contribution < -0.4 is 15.7 Å². The number of aromatic nitrogens is 2. The maximum absolute atomic E-state index is 12.8. The van der Waals surface area contributed by atoms with Crippen molar-refractivity contribution in [2.75, 3.05) is 5.43 Å². The molecule has 0 aliphatic heterocycles. The Morgan fingerprint density at radius 3 is 2.41 bits per heavy atom. The summed E-state index contributed by atoms with van der Waals surface area (Å²) < 4.78 is 41.6. The summed E-state index contributed by atoms with van der Waals surface area (Å²) in [5.74, 6) is -0.614. The number of amides is 1. The summed E-state index contributed by atoms with van der Waals surface area (Å²) in [6, 6.07) is 11.8. The second-order valence-electron chi connectivity index (χ2n) is 6.69. The average molecular weight is 405 g/mol. The van der Waals surface area contributed by atoms with Crippen LogP contribution in [0, 0.1) is 0 Å². The number of carbonyl (C=O) groups excluding carboxylic acids is 1. The SMILES string of the molecule is CC(C)c1nc2ccccc2c(=O)n1NC(=O)Cc1ccc(OC(F)(F)F)cc1. The van der Waals surface area contributed by atoms with E-state index >= 15 is 0 Å². The van der Waals surface area contributed by atoms with Crippen LogP contribution in [-0.2, 0) is 11.2 Å². The standard InChI is InChI=1S/C20H18F3N3O3/c1-12(2)18-24-16-6-4-3-5-15(16)19(28)26(18)25-17(27)11-13-7-9-14(10-8-13)29-20(21,22)23/h3-10,12H,11H2,1-2H3,(H,25,27). The lowest BCUT2D eigenvalue weighted by Gasteiger charge is -2.16. The molecule has 0 atom stereocenters. The highest BCUT2D eigenvalue weighted by atomic mass is 19.4. The Balaban J connectivity index is 1.82. The van der Waals surface area contributed by atoms with Gasteiger partial charge in [-0.25, -0.2) is 9.66 Å². The van der Waals surface area contributed by atoms with Gasteiger partial charge in [0.2, 0.25) is 5.91 Å². The van der Waals surface area contributed by atoms with Gasteiger partial charge in [-0.05, 0) is 29.8 Å². The number of alkyl halides is 3. The van der Waals surface area contributed by atoms with E-state index in [-0.39, 0.29) is 18.1 Å². The molecule has 0 unspecified atom stereocenters. The molecule has 29 heavy (non-hydrogen) atoms. The van der Waals surface area contributed by atoms with Gasteiger partial charge in [-0.3, -0.25) is 15.0 Å². The van der Waals surface area contributed by atoms with Crippen LogP contribution in [0.15, 0.2) is 53.3 Å². The van der Waals surface area contributed by atoms with Crippen molar-refractivity contribution in [2.45, 2.75) is 32.5 Å². The third kappa shape index (κ3) is 4.92. The van der Waals surface area contributed by atoms with Crippen molar-refractivity contribution in [1.82, 2.24) is 9.66 Å². The monoisotopic (exact) mass is 405 g/mol. The van der Waals surface area contributed by atoms with Crippen LogP contribution in [0.4, 0.5) is 13.2 Å². The third-order valence-electron chi connectivity index (χ3n) is 4.08. The molecule has 152 valence electrons. The fourth-order valence-electron chi connectivity index (χ4n) is 2.80. The highest BCUT2D eigenvalue weighted by molar-refractivity contribution is 5.86. The molecule has 9 heteroatoms. The second kappa shape index (κ2) is 7.94. The minimum Gasteiger partial charge on any atom is -0.406 e. The average Bonchev–Trinajstić information content (AvgIpc) is 2.64. The van der Waals surface area contributed by atoms with Gasteiger partial charge in [0, 0.05) is 5.92 Å². The van der Waals surface area contributed by atoms with Gasteiger partial charge in [-0.1, -0.05) is 38.1 Å². The van der Waals surface area contributed by atoms with Crippen LogP contribution in [-0.4, -0.2) is 21.9 Å². The summed E-state index contributed by atoms with van der Waals surface area (Å²) in [5.41, 5.74) is 3.14. The van der Waals surface area contributed by atoms with E-state index in [1.165, 1.54) is 12.1 Å². The summed E-state index contributed by atoms with van der Waals surface area (Å²) in [6.07, 6.45) is -4.92. The largest absolute Gasteiger partial charge is 0.573 e. The minimum atomic E-state index is -4.78. The Hall–Kier alpha value is -3.36. The summed E-state index contributed by atoms with van der Waals surface area (Å²) in [7, 11) is 0. The van der Waals surface area contributed by atoms with E-state index in [4.69, 9.17) is 0 Å². The highest BCUT2D eigenvalue weighted by Crippen LogP contribution is 2.23. The predicted octanol–water partition coefficient (Wildman–Crippen LogP) is 3.73. The number of rotatable bonds is 5. The molecule has 0 aliphatic carbocycles. The number of halogens is 3. The zero-order valence-corrected chi connectivity index (χ0v) is 15.7. The van der Waals surface area contributed by atoms with E-state index in [0.717, 1.165) is 16.8 Å². The first-order chi connectivity index (χ1) is 13.6. The number of para-hydroxylation sites is 1. The van der Waals surface area contributed by atoms with Gasteiger partial charge < -0.3 is 4.74 Å². The lowest BCUT2D eigenvalue weighted by Crippen LogP contribution is -2.37. The topological polar surface area (TPSA) is 73.2 Å². The smallest absolute Gasteiger partial charge is 0.406 e. The number of ether oxygens (including phenoxy) is 1. The molecular formula is C20H18F3N3O3. The van der Waals surface area contributed by atoms with E-state index in [1.54, 1.807) is 24.3 Å². The molecule has 3 rings (SSSR count). The number of benzene rings is 2. The fraction of sp³-hybridized carbons (Fsp3) is 0.250. The molecule has 2 aromatic carbocycles. The molecule has 1 heterocycles. The van der Waals surface area contributed by atoms with Crippen LogP contribution in [0.3, 0.4) is 0 Å². The van der Waals surface area contributed by atoms with Crippen molar-refractivity contribution in [2.24, 2.45) is 0 Å². The first kappa shape index (κ1) is 20.4. The van der Waals surface area contributed by atoms with Crippen LogP contribution in [0.2, 0.25) is 0 Å². The van der Waals surface area contributed by atoms with E-state index in [2.05, 4.69) is 15.1 Å². The van der Waals surface area contributed by atoms with E-state index in [0.29, 0.717) is 22.3 Å². The van der Waals surface area contributed by atoms with Crippen LogP contribution >= 0.6 is 0 Å². The molecule has 1 aromatic heterocycles. The van der Waals surface area contributed by atoms with Gasteiger partial charge in [0.15, 0.2) is 0 Å². The van der Waals surface area contributed by atoms with Crippen molar-refractivity contribution in [3.63, 3.8) is 0 Å². The van der Waals surface area contributed by atoms with Gasteiger partial charge >= 0.3 is 6.36 Å². The molecule has 0 spiro atoms. The number of fused-ring (bicyclic) bond motifs is 1. The first-order valence-corrected chi connectivity index (χ1v) is 8.80. The Morgan fingerprint density at radius 2 is 1.79 bits per heavy atom. The van der Waals surface area contributed by atoms with Crippen LogP contribution in [0.5, 0.6) is 5.75 Å². The summed E-state index contributed by atoms with van der Waals surface area (Å²) >= 11 is 0. The maximum Gasteiger partial charge on any atom is 0.573 e. The molecule has 0 aliphatic rings. The first-order valence-electron chi connectivity index (χ1n) is 8.80. The zero-order valence-electron chi connectivity index (χ0n) is 15.7. The van der Waals surface area contributed by atoms with Crippen molar-refractivity contribution in [3.8, 4) is 5.75 Å². The Kier molecular flexibility index (Phi) is 5.58. The van der Waals surface area contributed by atoms with E-state index in [1.807, 2.05) is 13.8 Å². The number of nitrogens with one attached hydrogen (secondary N) is 1. The number of hydrogen-bond donors (Lipinski definition) is 1. The number of nitrogens with zero attached hydrogens (tertiary/aromatic N) is 2. The molecule has 6 nitrogen and oxygen atoms in total. The normalized spacial score (nSPS) is 11.7. The van der Waals surface area contributed by atoms with E-state index in [9.17, 15) is 22.8 Å². The molecule has 0 radical (unpaired) electrons. The molecule has 0 fully saturated rings. The molecule has 0 saturated heterocycles. The summed E-state index contributed by atoms with van der Waals surface area (Å²) in [5, 5.41) is 0.367. The van der Waals surface area contributed by atoms with Gasteiger partial charge in [-0.2, -0.15) is 0 Å². The molecule has 3 aromatic rings. The van der Waals surface area contributed by atoms with Crippen LogP contribution in [0.25, 0.3) is 10.9 Å². The third-order valence-corrected chi connectivity index (χ3v) is 4.08. The molecule has 1 N–H and O–H groups in total. The number of hydrogen-bond acceptors (Lipinski definition) is 4. The fourth-order valence-corrected chi connectivity index (χ4v) is 2.80. The van der Waals surface area contributed by atoms with Crippen molar-refractivity contribution in [3.05, 3.63) is 70.3 Å². The Morgan fingerprint density at radius 1 is 1.14 bits per heavy atom. The Labute approximate surface area is 163 Å². The highest BCUT2D eigenvalue weighted by Gasteiger charge is 2.31. The summed E-state index contributed by atoms with van der Waals surface area (Å²) in [6.45, 7) is 3.69. The molecule has 0 saturated carbocycles. The van der Waals surface area contributed by atoms with Gasteiger partial charge in [-0.15, -0.1) is 13.2 Å². The van der Waals surface area contributed by atoms with Crippen LogP contribution in [0.1, 0.15) is 31.2 Å². The quantitative estimate of drug-likeness (QED) is 0.702. The molecular weight excluding hydrogens is 387 g/mol. The lowest BCUT2D eigenvalue weighted by molar-refractivity contribution is -0.274. The lowest BCUT2D eigenvalue weighted by atomic mass is 10.1. The molecule has 0 bridgehead atoms. The predicted molar refractivity (Wildman–Crippen MR) is 101 cm³/mol. The van der Waals surface area contributed by atoms with Gasteiger partial charge in [0.1, 0.15) is 11.6 Å². The van der Waals surface area contributed by atoms with Gasteiger partial charge in [0.05, 0.1) is 17.3 Å². The van der Waals surface area contributed by atoms with Crippen molar-refractivity contribution >= 4 is 16.8 Å². The van der Waals surface area contributed by atoms with Crippen molar-refractivity contribution < 1.29 is 22.7 Å². The van der Waals surface area contributed by atoms with Crippen molar-refractivity contribution in [1.29, 1.82) is 0 Å². The van der Waals surface area contributed by atoms with Gasteiger partial charge in [0.25, 0.3) is 5.56 Å². The van der Waals surface area contributed by atoms with E-state index < -0.39 is 17.8 Å². The Bertz CT molecular complexity index is 1090. The molecule has 1 amide bonds. The maximum atomic E-state index is 12.8. The summed E-state index contributed by atoms with van der Waals surface area (Å²) in [4.78, 5) is 29.7.